The predicted octanol–water partition coefficient (Wildman–Crippen LogP) is 3.48. The van der Waals surface area contributed by atoms with Crippen LogP contribution in [0.5, 0.6) is 0 Å². The molecule has 23 heavy (non-hydrogen) atoms. The van der Waals surface area contributed by atoms with Gasteiger partial charge in [0.1, 0.15) is 5.76 Å². The second-order valence-electron chi connectivity index (χ2n) is 6.21. The van der Waals surface area contributed by atoms with Gasteiger partial charge in [-0.25, -0.2) is 4.79 Å². The molecule has 1 unspecified atom stereocenters. The fraction of sp³-hybridized carbons (Fsp3) is 0.375. The number of hydrogen-bond donors (Lipinski definition) is 3. The van der Waals surface area contributed by atoms with E-state index in [9.17, 15) is 9.90 Å². The Hall–Kier alpha value is -2.05. The highest BCUT2D eigenvalue weighted by molar-refractivity contribution is 6.30. The van der Waals surface area contributed by atoms with Gasteiger partial charge in [-0.15, -0.1) is 0 Å². The largest absolute Gasteiger partial charge is 0.394 e. The molecular formula is C16H20ClN3O3. The Morgan fingerprint density at radius 3 is 2.52 bits per heavy atom. The molecule has 0 saturated heterocycles. The van der Waals surface area contributed by atoms with Gasteiger partial charge in [0.25, 0.3) is 0 Å². The van der Waals surface area contributed by atoms with Crippen molar-refractivity contribution in [1.29, 1.82) is 0 Å². The van der Waals surface area contributed by atoms with E-state index in [1.165, 1.54) is 0 Å². The van der Waals surface area contributed by atoms with Gasteiger partial charge in [0, 0.05) is 16.5 Å². The van der Waals surface area contributed by atoms with Crippen molar-refractivity contribution in [3.05, 3.63) is 46.7 Å². The summed E-state index contributed by atoms with van der Waals surface area (Å²) in [6, 6.07) is 7.55. The van der Waals surface area contributed by atoms with E-state index < -0.39 is 12.1 Å². The van der Waals surface area contributed by atoms with Crippen LogP contribution in [-0.2, 0) is 5.41 Å². The Balaban J connectivity index is 2.00. The number of urea groups is 1. The van der Waals surface area contributed by atoms with E-state index in [2.05, 4.69) is 15.8 Å². The highest BCUT2D eigenvalue weighted by Gasteiger charge is 2.21. The summed E-state index contributed by atoms with van der Waals surface area (Å²) in [5, 5.41) is 19.1. The maximum atomic E-state index is 12.0. The molecule has 0 fully saturated rings. The third-order valence-corrected chi connectivity index (χ3v) is 3.50. The highest BCUT2D eigenvalue weighted by atomic mass is 35.5. The zero-order valence-corrected chi connectivity index (χ0v) is 14.0. The second kappa shape index (κ2) is 7.02. The van der Waals surface area contributed by atoms with E-state index in [-0.39, 0.29) is 12.0 Å². The van der Waals surface area contributed by atoms with Crippen LogP contribution in [0.2, 0.25) is 5.02 Å². The number of aromatic nitrogens is 1. The Morgan fingerprint density at radius 2 is 2.00 bits per heavy atom. The number of hydrogen-bond acceptors (Lipinski definition) is 4. The predicted molar refractivity (Wildman–Crippen MR) is 88.6 cm³/mol. The standard InChI is InChI=1S/C16H20ClN3O3/c1-16(2,3)13-8-14(20-23-13)19-15(22)18-12(9-21)10-4-6-11(17)7-5-10/h4-8,12,21H,9H2,1-3H3,(H2,18,19,20,22). The molecule has 1 aromatic heterocycles. The number of aliphatic hydroxyl groups excluding tert-OH is 1. The number of benzene rings is 1. The number of nitrogens with zero attached hydrogens (tertiary/aromatic N) is 1. The van der Waals surface area contributed by atoms with Gasteiger partial charge in [0.05, 0.1) is 12.6 Å². The van der Waals surface area contributed by atoms with Crippen molar-refractivity contribution < 1.29 is 14.4 Å². The topological polar surface area (TPSA) is 87.4 Å². The zero-order chi connectivity index (χ0) is 17.0. The Kier molecular flexibility index (Phi) is 5.28. The van der Waals surface area contributed by atoms with Crippen molar-refractivity contribution in [2.75, 3.05) is 11.9 Å². The minimum atomic E-state index is -0.541. The first kappa shape index (κ1) is 17.3. The number of aliphatic hydroxyl groups is 1. The van der Waals surface area contributed by atoms with Crippen LogP contribution in [0.4, 0.5) is 10.6 Å². The summed E-state index contributed by atoms with van der Waals surface area (Å²) < 4.78 is 5.20. The molecule has 0 radical (unpaired) electrons. The van der Waals surface area contributed by atoms with Gasteiger partial charge in [-0.2, -0.15) is 0 Å². The SMILES string of the molecule is CC(C)(C)c1cc(NC(=O)NC(CO)c2ccc(Cl)cc2)no1. The van der Waals surface area contributed by atoms with Crippen molar-refractivity contribution in [2.24, 2.45) is 0 Å². The first-order valence-corrected chi connectivity index (χ1v) is 7.58. The van der Waals surface area contributed by atoms with E-state index in [0.29, 0.717) is 16.6 Å². The van der Waals surface area contributed by atoms with Gasteiger partial charge in [-0.05, 0) is 17.7 Å². The minimum Gasteiger partial charge on any atom is -0.394 e. The van der Waals surface area contributed by atoms with Crippen molar-refractivity contribution in [2.45, 2.75) is 32.2 Å². The maximum absolute atomic E-state index is 12.0. The zero-order valence-electron chi connectivity index (χ0n) is 13.3. The van der Waals surface area contributed by atoms with Crippen molar-refractivity contribution >= 4 is 23.4 Å². The van der Waals surface area contributed by atoms with Crippen LogP contribution in [0.15, 0.2) is 34.9 Å². The summed E-state index contributed by atoms with van der Waals surface area (Å²) in [7, 11) is 0. The van der Waals surface area contributed by atoms with Gasteiger partial charge in [0.2, 0.25) is 0 Å². The number of anilines is 1. The molecule has 0 spiro atoms. The van der Waals surface area contributed by atoms with E-state index >= 15 is 0 Å². The Morgan fingerprint density at radius 1 is 1.35 bits per heavy atom. The molecule has 7 heteroatoms. The van der Waals surface area contributed by atoms with Gasteiger partial charge < -0.3 is 14.9 Å². The van der Waals surface area contributed by atoms with E-state index in [1.54, 1.807) is 30.3 Å². The first-order chi connectivity index (χ1) is 10.8. The first-order valence-electron chi connectivity index (χ1n) is 7.20. The highest BCUT2D eigenvalue weighted by Crippen LogP contribution is 2.24. The fourth-order valence-corrected chi connectivity index (χ4v) is 2.05. The number of carbonyl (C=O) groups excluding carboxylic acids is 1. The fourth-order valence-electron chi connectivity index (χ4n) is 1.93. The number of nitrogens with one attached hydrogen (secondary N) is 2. The molecule has 1 heterocycles. The lowest BCUT2D eigenvalue weighted by molar-refractivity contribution is 0.225. The Labute approximate surface area is 139 Å². The molecule has 2 aromatic rings. The molecule has 0 bridgehead atoms. The molecule has 1 atom stereocenters. The van der Waals surface area contributed by atoms with Crippen LogP contribution < -0.4 is 10.6 Å². The van der Waals surface area contributed by atoms with Crippen molar-refractivity contribution in [3.63, 3.8) is 0 Å². The van der Waals surface area contributed by atoms with Gasteiger partial charge in [0.15, 0.2) is 5.82 Å². The normalized spacial score (nSPS) is 12.7. The summed E-state index contributed by atoms with van der Waals surface area (Å²) in [5.41, 5.74) is 0.558. The molecule has 2 amide bonds. The number of rotatable bonds is 4. The smallest absolute Gasteiger partial charge is 0.321 e. The molecule has 0 aliphatic carbocycles. The van der Waals surface area contributed by atoms with Gasteiger partial charge in [-0.1, -0.05) is 49.7 Å². The van der Waals surface area contributed by atoms with E-state index in [0.717, 1.165) is 5.56 Å². The summed E-state index contributed by atoms with van der Waals surface area (Å²) >= 11 is 5.83. The van der Waals surface area contributed by atoms with Gasteiger partial charge in [-0.3, -0.25) is 5.32 Å². The second-order valence-corrected chi connectivity index (χ2v) is 6.65. The van der Waals surface area contributed by atoms with E-state index in [4.69, 9.17) is 16.1 Å². The molecule has 6 nitrogen and oxygen atoms in total. The molecule has 0 aliphatic heterocycles. The van der Waals surface area contributed by atoms with Crippen LogP contribution >= 0.6 is 11.6 Å². The molecule has 0 aliphatic rings. The lowest BCUT2D eigenvalue weighted by Gasteiger charge is -2.16. The monoisotopic (exact) mass is 337 g/mol. The van der Waals surface area contributed by atoms with E-state index in [1.807, 2.05) is 20.8 Å². The van der Waals surface area contributed by atoms with Crippen molar-refractivity contribution in [3.8, 4) is 0 Å². The third kappa shape index (κ3) is 4.71. The molecule has 3 N–H and O–H groups in total. The average Bonchev–Trinajstić information content (AvgIpc) is 2.94. The number of carbonyl (C=O) groups is 1. The number of amides is 2. The minimum absolute atomic E-state index is 0.194. The van der Waals surface area contributed by atoms with Crippen LogP contribution in [0.25, 0.3) is 0 Å². The summed E-state index contributed by atoms with van der Waals surface area (Å²) in [6.07, 6.45) is 0. The van der Waals surface area contributed by atoms with Gasteiger partial charge >= 0.3 is 6.03 Å². The van der Waals surface area contributed by atoms with Crippen molar-refractivity contribution in [1.82, 2.24) is 10.5 Å². The summed E-state index contributed by atoms with van der Waals surface area (Å²) in [5.74, 6) is 0.990. The molecule has 0 saturated carbocycles. The lowest BCUT2D eigenvalue weighted by atomic mass is 9.93. The average molecular weight is 338 g/mol. The summed E-state index contributed by atoms with van der Waals surface area (Å²) in [6.45, 7) is 5.72. The number of halogens is 1. The maximum Gasteiger partial charge on any atom is 0.321 e. The molecule has 1 aromatic carbocycles. The van der Waals surface area contributed by atoms with Crippen LogP contribution in [0.1, 0.15) is 38.1 Å². The third-order valence-electron chi connectivity index (χ3n) is 3.25. The van der Waals surface area contributed by atoms with Crippen LogP contribution in [0.3, 0.4) is 0 Å². The van der Waals surface area contributed by atoms with Crippen LogP contribution in [0, 0.1) is 0 Å². The lowest BCUT2D eigenvalue weighted by Crippen LogP contribution is -2.34. The molecule has 124 valence electrons. The quantitative estimate of drug-likeness (QED) is 0.797. The molecule has 2 rings (SSSR count). The summed E-state index contributed by atoms with van der Waals surface area (Å²) in [4.78, 5) is 12.0. The van der Waals surface area contributed by atoms with Crippen LogP contribution in [-0.4, -0.2) is 22.9 Å². The Bertz CT molecular complexity index is 662. The molecular weight excluding hydrogens is 318 g/mol.